The average molecular weight is 266 g/mol. The Kier molecular flexibility index (Phi) is 2.57. The number of nitrogens with zero attached hydrogens (tertiary/aromatic N) is 1. The maximum absolute atomic E-state index is 3.68. The van der Waals surface area contributed by atoms with Gasteiger partial charge in [0.05, 0.1) is 0 Å². The molecule has 1 unspecified atom stereocenters. The average Bonchev–Trinajstić information content (AvgIpc) is 2.31. The molecular weight excluding hydrogens is 250 g/mol. The van der Waals surface area contributed by atoms with E-state index in [2.05, 4.69) is 45.1 Å². The summed E-state index contributed by atoms with van der Waals surface area (Å²) in [7, 11) is 0. The van der Waals surface area contributed by atoms with Gasteiger partial charge in [-0.1, -0.05) is 34.1 Å². The molecule has 0 aromatic heterocycles. The van der Waals surface area contributed by atoms with E-state index in [1.54, 1.807) is 0 Å². The van der Waals surface area contributed by atoms with Crippen molar-refractivity contribution in [2.75, 3.05) is 19.6 Å². The first kappa shape index (κ1) is 9.86. The van der Waals surface area contributed by atoms with E-state index >= 15 is 0 Å². The van der Waals surface area contributed by atoms with E-state index in [0.29, 0.717) is 0 Å². The first-order valence-electron chi connectivity index (χ1n) is 5.81. The van der Waals surface area contributed by atoms with Gasteiger partial charge in [0.25, 0.3) is 0 Å². The van der Waals surface area contributed by atoms with Crippen LogP contribution in [-0.2, 0) is 0 Å². The largest absolute Gasteiger partial charge is 0.303 e. The van der Waals surface area contributed by atoms with Gasteiger partial charge in [-0.3, -0.25) is 0 Å². The smallest absolute Gasteiger partial charge is 0.0210 e. The third-order valence-electron chi connectivity index (χ3n) is 3.96. The molecule has 0 radical (unpaired) electrons. The molecule has 3 aliphatic heterocycles. The SMILES string of the molecule is Brc1ccccc1C1CN2CCC1CC2. The highest BCUT2D eigenvalue weighted by Crippen LogP contribution is 2.41. The van der Waals surface area contributed by atoms with Crippen LogP contribution in [-0.4, -0.2) is 24.5 Å². The maximum Gasteiger partial charge on any atom is 0.0210 e. The van der Waals surface area contributed by atoms with Gasteiger partial charge in [-0.25, -0.2) is 0 Å². The topological polar surface area (TPSA) is 3.24 Å². The predicted molar refractivity (Wildman–Crippen MR) is 66.0 cm³/mol. The summed E-state index contributed by atoms with van der Waals surface area (Å²) in [5.74, 6) is 1.69. The molecule has 0 amide bonds. The zero-order valence-corrected chi connectivity index (χ0v) is 10.4. The lowest BCUT2D eigenvalue weighted by molar-refractivity contribution is 0.0868. The molecule has 3 heterocycles. The molecular formula is C13H16BrN. The van der Waals surface area contributed by atoms with E-state index in [4.69, 9.17) is 0 Å². The van der Waals surface area contributed by atoms with E-state index in [0.717, 1.165) is 11.8 Å². The summed E-state index contributed by atoms with van der Waals surface area (Å²) in [5, 5.41) is 0. The molecule has 4 rings (SSSR count). The van der Waals surface area contributed by atoms with E-state index in [1.807, 2.05) is 0 Å². The molecule has 0 saturated carbocycles. The fourth-order valence-corrected chi connectivity index (χ4v) is 3.67. The number of rotatable bonds is 1. The predicted octanol–water partition coefficient (Wildman–Crippen LogP) is 3.26. The van der Waals surface area contributed by atoms with Gasteiger partial charge < -0.3 is 4.90 Å². The Hall–Kier alpha value is -0.340. The van der Waals surface area contributed by atoms with Gasteiger partial charge in [0.15, 0.2) is 0 Å². The molecule has 3 saturated heterocycles. The Balaban J connectivity index is 1.91. The van der Waals surface area contributed by atoms with Crippen LogP contribution in [0.3, 0.4) is 0 Å². The number of fused-ring (bicyclic) bond motifs is 3. The second-order valence-corrected chi connectivity index (χ2v) is 5.62. The molecule has 1 aromatic carbocycles. The number of piperidine rings is 3. The normalized spacial score (nSPS) is 34.3. The van der Waals surface area contributed by atoms with Crippen LogP contribution < -0.4 is 0 Å². The van der Waals surface area contributed by atoms with Crippen molar-refractivity contribution >= 4 is 15.9 Å². The summed E-state index contributed by atoms with van der Waals surface area (Å²) in [6.45, 7) is 3.92. The van der Waals surface area contributed by atoms with Crippen LogP contribution in [0.2, 0.25) is 0 Å². The van der Waals surface area contributed by atoms with Crippen molar-refractivity contribution in [1.29, 1.82) is 0 Å². The third-order valence-corrected chi connectivity index (χ3v) is 4.68. The molecule has 2 bridgehead atoms. The molecule has 3 fully saturated rings. The molecule has 0 aliphatic carbocycles. The maximum atomic E-state index is 3.68. The Morgan fingerprint density at radius 1 is 1.13 bits per heavy atom. The summed E-state index contributed by atoms with van der Waals surface area (Å²) in [5.41, 5.74) is 1.52. The molecule has 1 atom stereocenters. The molecule has 80 valence electrons. The van der Waals surface area contributed by atoms with Crippen LogP contribution in [0.25, 0.3) is 0 Å². The van der Waals surface area contributed by atoms with Crippen molar-refractivity contribution in [3.05, 3.63) is 34.3 Å². The highest BCUT2D eigenvalue weighted by molar-refractivity contribution is 9.10. The Bertz CT molecular complexity index is 355. The van der Waals surface area contributed by atoms with Gasteiger partial charge in [-0.05, 0) is 43.5 Å². The lowest BCUT2D eigenvalue weighted by Crippen LogP contribution is -2.46. The van der Waals surface area contributed by atoms with Crippen LogP contribution in [0.5, 0.6) is 0 Å². The van der Waals surface area contributed by atoms with Crippen molar-refractivity contribution < 1.29 is 0 Å². The number of hydrogen-bond acceptors (Lipinski definition) is 1. The Morgan fingerprint density at radius 2 is 1.87 bits per heavy atom. The first-order chi connectivity index (χ1) is 7.34. The number of benzene rings is 1. The third kappa shape index (κ3) is 1.74. The fraction of sp³-hybridized carbons (Fsp3) is 0.538. The van der Waals surface area contributed by atoms with Crippen molar-refractivity contribution in [2.24, 2.45) is 5.92 Å². The Morgan fingerprint density at radius 3 is 2.47 bits per heavy atom. The molecule has 1 aromatic rings. The number of halogens is 1. The quantitative estimate of drug-likeness (QED) is 0.754. The first-order valence-corrected chi connectivity index (χ1v) is 6.60. The summed E-state index contributed by atoms with van der Waals surface area (Å²) in [4.78, 5) is 2.62. The van der Waals surface area contributed by atoms with E-state index in [-0.39, 0.29) is 0 Å². The summed E-state index contributed by atoms with van der Waals surface area (Å²) < 4.78 is 1.30. The van der Waals surface area contributed by atoms with E-state index in [1.165, 1.54) is 42.5 Å². The monoisotopic (exact) mass is 265 g/mol. The number of hydrogen-bond donors (Lipinski definition) is 0. The second-order valence-electron chi connectivity index (χ2n) is 4.77. The standard InChI is InChI=1S/C13H16BrN/c14-13-4-2-1-3-11(13)12-9-15-7-5-10(12)6-8-15/h1-4,10,12H,5-9H2. The van der Waals surface area contributed by atoms with Crippen molar-refractivity contribution in [3.63, 3.8) is 0 Å². The van der Waals surface area contributed by atoms with Gasteiger partial charge in [-0.2, -0.15) is 0 Å². The van der Waals surface area contributed by atoms with Crippen molar-refractivity contribution in [2.45, 2.75) is 18.8 Å². The van der Waals surface area contributed by atoms with Gasteiger partial charge in [-0.15, -0.1) is 0 Å². The highest BCUT2D eigenvalue weighted by atomic mass is 79.9. The summed E-state index contributed by atoms with van der Waals surface area (Å²) >= 11 is 3.68. The van der Waals surface area contributed by atoms with Gasteiger partial charge in [0.2, 0.25) is 0 Å². The van der Waals surface area contributed by atoms with Crippen LogP contribution >= 0.6 is 15.9 Å². The van der Waals surface area contributed by atoms with Crippen molar-refractivity contribution in [3.8, 4) is 0 Å². The van der Waals surface area contributed by atoms with Crippen LogP contribution in [0.15, 0.2) is 28.7 Å². The minimum Gasteiger partial charge on any atom is -0.303 e. The Labute approximate surface area is 99.6 Å². The van der Waals surface area contributed by atoms with Crippen LogP contribution in [0.1, 0.15) is 24.3 Å². The van der Waals surface area contributed by atoms with Crippen molar-refractivity contribution in [1.82, 2.24) is 4.90 Å². The summed E-state index contributed by atoms with van der Waals surface area (Å²) in [6.07, 6.45) is 2.79. The molecule has 3 aliphatic rings. The van der Waals surface area contributed by atoms with Crippen LogP contribution in [0, 0.1) is 5.92 Å². The van der Waals surface area contributed by atoms with E-state index in [9.17, 15) is 0 Å². The molecule has 15 heavy (non-hydrogen) atoms. The zero-order valence-electron chi connectivity index (χ0n) is 8.82. The van der Waals surface area contributed by atoms with Gasteiger partial charge >= 0.3 is 0 Å². The minimum atomic E-state index is 0.767. The molecule has 0 spiro atoms. The molecule has 2 heteroatoms. The van der Waals surface area contributed by atoms with E-state index < -0.39 is 0 Å². The zero-order chi connectivity index (χ0) is 10.3. The lowest BCUT2D eigenvalue weighted by Gasteiger charge is -2.45. The van der Waals surface area contributed by atoms with Crippen LogP contribution in [0.4, 0.5) is 0 Å². The molecule has 1 nitrogen and oxygen atoms in total. The molecule has 0 N–H and O–H groups in total. The lowest BCUT2D eigenvalue weighted by atomic mass is 9.75. The fourth-order valence-electron chi connectivity index (χ4n) is 3.09. The second kappa shape index (κ2) is 3.91. The van der Waals surface area contributed by atoms with Gasteiger partial charge in [0.1, 0.15) is 0 Å². The minimum absolute atomic E-state index is 0.767. The highest BCUT2D eigenvalue weighted by Gasteiger charge is 2.35. The van der Waals surface area contributed by atoms with Gasteiger partial charge in [0, 0.05) is 16.9 Å². The summed E-state index contributed by atoms with van der Waals surface area (Å²) in [6, 6.07) is 8.73.